The van der Waals surface area contributed by atoms with E-state index in [9.17, 15) is 17.6 Å². The Balaban J connectivity index is 2.52. The highest BCUT2D eigenvalue weighted by atomic mass is 32.1. The van der Waals surface area contributed by atoms with E-state index in [0.29, 0.717) is 5.56 Å². The SMILES string of the molecule is N[C@H](c1ccsc1)c1cc(F)ccc1C(F)(F)F. The van der Waals surface area contributed by atoms with Gasteiger partial charge in [-0.3, -0.25) is 0 Å². The summed E-state index contributed by atoms with van der Waals surface area (Å²) in [5, 5.41) is 3.36. The first-order chi connectivity index (χ1) is 8.39. The van der Waals surface area contributed by atoms with Crippen LogP contribution in [-0.4, -0.2) is 0 Å². The van der Waals surface area contributed by atoms with Crippen LogP contribution in [0.5, 0.6) is 0 Å². The first kappa shape index (κ1) is 13.0. The zero-order valence-corrected chi connectivity index (χ0v) is 9.86. The molecule has 0 aliphatic rings. The predicted molar refractivity (Wildman–Crippen MR) is 61.8 cm³/mol. The summed E-state index contributed by atoms with van der Waals surface area (Å²) in [4.78, 5) is 0. The van der Waals surface area contributed by atoms with Gasteiger partial charge in [-0.25, -0.2) is 4.39 Å². The van der Waals surface area contributed by atoms with Crippen molar-refractivity contribution in [3.63, 3.8) is 0 Å². The average molecular weight is 275 g/mol. The molecule has 1 aromatic carbocycles. The second-order valence-corrected chi connectivity index (χ2v) is 4.54. The van der Waals surface area contributed by atoms with E-state index in [4.69, 9.17) is 5.73 Å². The van der Waals surface area contributed by atoms with Gasteiger partial charge in [-0.1, -0.05) is 0 Å². The zero-order valence-electron chi connectivity index (χ0n) is 9.04. The van der Waals surface area contributed by atoms with Crippen LogP contribution in [0.25, 0.3) is 0 Å². The van der Waals surface area contributed by atoms with Gasteiger partial charge >= 0.3 is 6.18 Å². The fourth-order valence-corrected chi connectivity index (χ4v) is 2.38. The number of hydrogen-bond acceptors (Lipinski definition) is 2. The van der Waals surface area contributed by atoms with Crippen LogP contribution in [0.15, 0.2) is 35.0 Å². The molecule has 0 unspecified atom stereocenters. The van der Waals surface area contributed by atoms with Crippen LogP contribution in [-0.2, 0) is 6.18 Å². The second-order valence-electron chi connectivity index (χ2n) is 3.76. The first-order valence-electron chi connectivity index (χ1n) is 5.04. The van der Waals surface area contributed by atoms with Gasteiger partial charge < -0.3 is 5.73 Å². The molecule has 0 spiro atoms. The van der Waals surface area contributed by atoms with E-state index in [-0.39, 0.29) is 5.56 Å². The number of benzene rings is 1. The summed E-state index contributed by atoms with van der Waals surface area (Å²) in [5.41, 5.74) is 5.16. The topological polar surface area (TPSA) is 26.0 Å². The van der Waals surface area contributed by atoms with Crippen LogP contribution in [0.3, 0.4) is 0 Å². The van der Waals surface area contributed by atoms with Crippen LogP contribution < -0.4 is 5.73 Å². The van der Waals surface area contributed by atoms with E-state index in [1.165, 1.54) is 11.3 Å². The Kier molecular flexibility index (Phi) is 3.41. The summed E-state index contributed by atoms with van der Waals surface area (Å²) in [6.07, 6.45) is -4.54. The van der Waals surface area contributed by atoms with Gasteiger partial charge in [0.2, 0.25) is 0 Å². The molecule has 0 amide bonds. The molecule has 1 heterocycles. The van der Waals surface area contributed by atoms with Crippen LogP contribution in [0.1, 0.15) is 22.7 Å². The Bertz CT molecular complexity index is 534. The van der Waals surface area contributed by atoms with Crippen molar-refractivity contribution < 1.29 is 17.6 Å². The number of halogens is 4. The molecular weight excluding hydrogens is 266 g/mol. The highest BCUT2D eigenvalue weighted by Crippen LogP contribution is 2.36. The lowest BCUT2D eigenvalue weighted by Crippen LogP contribution is -2.18. The number of hydrogen-bond donors (Lipinski definition) is 1. The fourth-order valence-electron chi connectivity index (χ4n) is 1.68. The highest BCUT2D eigenvalue weighted by Gasteiger charge is 2.35. The molecule has 2 rings (SSSR count). The Labute approximate surface area is 105 Å². The van der Waals surface area contributed by atoms with E-state index in [1.54, 1.807) is 16.8 Å². The zero-order chi connectivity index (χ0) is 13.3. The maximum atomic E-state index is 13.1. The summed E-state index contributed by atoms with van der Waals surface area (Å²) in [6, 6.07) is 2.98. The van der Waals surface area contributed by atoms with Crippen molar-refractivity contribution in [2.45, 2.75) is 12.2 Å². The molecule has 0 bridgehead atoms. The smallest absolute Gasteiger partial charge is 0.320 e. The lowest BCUT2D eigenvalue weighted by Gasteiger charge is -2.17. The normalized spacial score (nSPS) is 13.6. The van der Waals surface area contributed by atoms with Crippen molar-refractivity contribution in [1.29, 1.82) is 0 Å². The molecule has 1 nitrogen and oxygen atoms in total. The van der Waals surface area contributed by atoms with E-state index in [0.717, 1.165) is 18.2 Å². The molecule has 1 atom stereocenters. The minimum atomic E-state index is -4.54. The fraction of sp³-hybridized carbons (Fsp3) is 0.167. The summed E-state index contributed by atoms with van der Waals surface area (Å²) in [5.74, 6) is -0.733. The van der Waals surface area contributed by atoms with Crippen LogP contribution in [0, 0.1) is 5.82 Å². The second kappa shape index (κ2) is 4.70. The monoisotopic (exact) mass is 275 g/mol. The summed E-state index contributed by atoms with van der Waals surface area (Å²) in [6.45, 7) is 0. The van der Waals surface area contributed by atoms with Gasteiger partial charge in [0.25, 0.3) is 0 Å². The van der Waals surface area contributed by atoms with Crippen LogP contribution >= 0.6 is 11.3 Å². The van der Waals surface area contributed by atoms with Crippen LogP contribution in [0.2, 0.25) is 0 Å². The van der Waals surface area contributed by atoms with Gasteiger partial charge in [-0.05, 0) is 46.2 Å². The predicted octanol–water partition coefficient (Wildman–Crippen LogP) is 3.95. The Morgan fingerprint density at radius 3 is 2.44 bits per heavy atom. The third-order valence-electron chi connectivity index (χ3n) is 2.56. The van der Waals surface area contributed by atoms with Gasteiger partial charge in [0, 0.05) is 0 Å². The Morgan fingerprint density at radius 2 is 1.89 bits per heavy atom. The van der Waals surface area contributed by atoms with E-state index in [2.05, 4.69) is 0 Å². The third-order valence-corrected chi connectivity index (χ3v) is 3.26. The van der Waals surface area contributed by atoms with Gasteiger partial charge in [-0.2, -0.15) is 24.5 Å². The highest BCUT2D eigenvalue weighted by molar-refractivity contribution is 7.08. The van der Waals surface area contributed by atoms with Crippen LogP contribution in [0.4, 0.5) is 17.6 Å². The number of rotatable bonds is 2. The van der Waals surface area contributed by atoms with Gasteiger partial charge in [0.05, 0.1) is 11.6 Å². The van der Waals surface area contributed by atoms with E-state index < -0.39 is 23.6 Å². The quantitative estimate of drug-likeness (QED) is 0.825. The van der Waals surface area contributed by atoms with Crippen molar-refractivity contribution >= 4 is 11.3 Å². The van der Waals surface area contributed by atoms with Crippen molar-refractivity contribution in [2.24, 2.45) is 5.73 Å². The lowest BCUT2D eigenvalue weighted by molar-refractivity contribution is -0.138. The molecule has 0 aliphatic carbocycles. The molecular formula is C12H9F4NS. The summed E-state index contributed by atoms with van der Waals surface area (Å²) < 4.78 is 51.5. The van der Waals surface area contributed by atoms with Gasteiger partial charge in [-0.15, -0.1) is 0 Å². The van der Waals surface area contributed by atoms with E-state index >= 15 is 0 Å². The molecule has 2 aromatic rings. The molecule has 18 heavy (non-hydrogen) atoms. The van der Waals surface area contributed by atoms with Gasteiger partial charge in [0.1, 0.15) is 5.82 Å². The molecule has 0 saturated carbocycles. The summed E-state index contributed by atoms with van der Waals surface area (Å²) in [7, 11) is 0. The molecule has 2 N–H and O–H groups in total. The average Bonchev–Trinajstić information content (AvgIpc) is 2.79. The van der Waals surface area contributed by atoms with Crippen molar-refractivity contribution in [2.75, 3.05) is 0 Å². The Morgan fingerprint density at radius 1 is 1.17 bits per heavy atom. The van der Waals surface area contributed by atoms with Crippen molar-refractivity contribution in [1.82, 2.24) is 0 Å². The first-order valence-corrected chi connectivity index (χ1v) is 5.98. The maximum absolute atomic E-state index is 13.1. The molecule has 1 aromatic heterocycles. The molecule has 0 saturated heterocycles. The minimum absolute atomic E-state index is 0.249. The maximum Gasteiger partial charge on any atom is 0.416 e. The largest absolute Gasteiger partial charge is 0.416 e. The lowest BCUT2D eigenvalue weighted by atomic mass is 9.96. The van der Waals surface area contributed by atoms with Crippen molar-refractivity contribution in [3.05, 3.63) is 57.5 Å². The third kappa shape index (κ3) is 2.54. The standard InChI is InChI=1S/C12H9F4NS/c13-8-1-2-10(12(14,15)16)9(5-8)11(17)7-3-4-18-6-7/h1-6,11H,17H2/t11-/m1/s1. The molecule has 0 fully saturated rings. The minimum Gasteiger partial charge on any atom is -0.320 e. The number of thiophene rings is 1. The molecule has 6 heteroatoms. The van der Waals surface area contributed by atoms with Crippen molar-refractivity contribution in [3.8, 4) is 0 Å². The molecule has 96 valence electrons. The summed E-state index contributed by atoms with van der Waals surface area (Å²) >= 11 is 1.33. The van der Waals surface area contributed by atoms with E-state index in [1.807, 2.05) is 0 Å². The molecule has 0 radical (unpaired) electrons. The number of alkyl halides is 3. The van der Waals surface area contributed by atoms with Gasteiger partial charge in [0.15, 0.2) is 0 Å². The Hall–Kier alpha value is -1.40. The molecule has 0 aliphatic heterocycles. The number of nitrogens with two attached hydrogens (primary N) is 1.